The molecule has 0 fully saturated rings. The van der Waals surface area contributed by atoms with E-state index in [0.717, 1.165) is 15.9 Å². The van der Waals surface area contributed by atoms with E-state index < -0.39 is 5.97 Å². The zero-order valence-electron chi connectivity index (χ0n) is 9.34. The summed E-state index contributed by atoms with van der Waals surface area (Å²) in [6, 6.07) is 7.59. The average molecular weight is 265 g/mol. The van der Waals surface area contributed by atoms with Gasteiger partial charge < -0.3 is 15.7 Å². The molecule has 2 aromatic rings. The summed E-state index contributed by atoms with van der Waals surface area (Å²) >= 11 is 1.27. The first-order valence-electron chi connectivity index (χ1n) is 5.23. The number of amides is 1. The van der Waals surface area contributed by atoms with Crippen LogP contribution in [0.1, 0.15) is 0 Å². The van der Waals surface area contributed by atoms with E-state index in [1.807, 2.05) is 24.3 Å². The Morgan fingerprint density at radius 3 is 2.83 bits per heavy atom. The number of nitrogens with zero attached hydrogens (tertiary/aromatic N) is 1. The molecule has 0 aliphatic heterocycles. The van der Waals surface area contributed by atoms with Gasteiger partial charge in [-0.3, -0.25) is 9.59 Å². The van der Waals surface area contributed by atoms with Gasteiger partial charge in [-0.1, -0.05) is 12.1 Å². The predicted octanol–water partition coefficient (Wildman–Crippen LogP) is 0.909. The number of rotatable bonds is 5. The SMILES string of the molecule is O=C(O)CNC(=O)CNc1snc2ccccc12. The number of hydrogen-bond donors (Lipinski definition) is 3. The normalized spacial score (nSPS) is 10.2. The van der Waals surface area contributed by atoms with E-state index in [9.17, 15) is 9.59 Å². The fraction of sp³-hybridized carbons (Fsp3) is 0.182. The summed E-state index contributed by atoms with van der Waals surface area (Å²) in [5, 5.41) is 15.4. The molecule has 0 bridgehead atoms. The number of carbonyl (C=O) groups excluding carboxylic acids is 1. The molecule has 94 valence electrons. The van der Waals surface area contributed by atoms with Crippen LogP contribution in [-0.4, -0.2) is 34.4 Å². The molecule has 18 heavy (non-hydrogen) atoms. The van der Waals surface area contributed by atoms with Gasteiger partial charge in [-0.2, -0.15) is 4.37 Å². The highest BCUT2D eigenvalue weighted by atomic mass is 32.1. The zero-order chi connectivity index (χ0) is 13.0. The Kier molecular flexibility index (Phi) is 3.73. The van der Waals surface area contributed by atoms with E-state index in [1.165, 1.54) is 11.5 Å². The Morgan fingerprint density at radius 2 is 2.06 bits per heavy atom. The van der Waals surface area contributed by atoms with Gasteiger partial charge in [-0.05, 0) is 23.7 Å². The van der Waals surface area contributed by atoms with Crippen molar-refractivity contribution in [2.24, 2.45) is 0 Å². The van der Waals surface area contributed by atoms with Crippen molar-refractivity contribution < 1.29 is 14.7 Å². The van der Waals surface area contributed by atoms with Crippen molar-refractivity contribution in [1.29, 1.82) is 0 Å². The highest BCUT2D eigenvalue weighted by molar-refractivity contribution is 7.11. The fourth-order valence-electron chi connectivity index (χ4n) is 1.41. The number of fused-ring (bicyclic) bond motifs is 1. The molecule has 0 saturated carbocycles. The Balaban J connectivity index is 1.94. The summed E-state index contributed by atoms with van der Waals surface area (Å²) in [5.41, 5.74) is 0.871. The molecule has 0 aliphatic rings. The topological polar surface area (TPSA) is 91.3 Å². The number of hydrogen-bond acceptors (Lipinski definition) is 5. The lowest BCUT2D eigenvalue weighted by molar-refractivity contribution is -0.137. The summed E-state index contributed by atoms with van der Waals surface area (Å²) in [4.78, 5) is 21.6. The first-order chi connectivity index (χ1) is 8.66. The second-order valence-electron chi connectivity index (χ2n) is 3.55. The van der Waals surface area contributed by atoms with Gasteiger partial charge in [0.15, 0.2) is 0 Å². The van der Waals surface area contributed by atoms with Crippen molar-refractivity contribution in [3.8, 4) is 0 Å². The molecule has 0 unspecified atom stereocenters. The molecule has 0 aliphatic carbocycles. The third-order valence-electron chi connectivity index (χ3n) is 2.23. The van der Waals surface area contributed by atoms with Gasteiger partial charge in [-0.15, -0.1) is 0 Å². The van der Waals surface area contributed by atoms with Crippen LogP contribution < -0.4 is 10.6 Å². The van der Waals surface area contributed by atoms with Gasteiger partial charge in [0.25, 0.3) is 0 Å². The van der Waals surface area contributed by atoms with E-state index >= 15 is 0 Å². The average Bonchev–Trinajstić information content (AvgIpc) is 2.77. The Labute approximate surface area is 107 Å². The molecule has 2 rings (SSSR count). The Bertz CT molecular complexity index is 582. The van der Waals surface area contributed by atoms with E-state index in [-0.39, 0.29) is 19.0 Å². The molecule has 0 atom stereocenters. The summed E-state index contributed by atoms with van der Waals surface area (Å²) in [7, 11) is 0. The van der Waals surface area contributed by atoms with Crippen LogP contribution in [0.25, 0.3) is 10.9 Å². The minimum atomic E-state index is -1.06. The molecule has 0 radical (unpaired) electrons. The number of carbonyl (C=O) groups is 2. The lowest BCUT2D eigenvalue weighted by atomic mass is 10.2. The maximum absolute atomic E-state index is 11.3. The van der Waals surface area contributed by atoms with Crippen LogP contribution in [-0.2, 0) is 9.59 Å². The third-order valence-corrected chi connectivity index (χ3v) is 3.07. The number of anilines is 1. The molecule has 6 nitrogen and oxygen atoms in total. The van der Waals surface area contributed by atoms with Gasteiger partial charge >= 0.3 is 5.97 Å². The van der Waals surface area contributed by atoms with Crippen LogP contribution in [0, 0.1) is 0 Å². The summed E-state index contributed by atoms with van der Waals surface area (Å²) in [6.07, 6.45) is 0. The molecule has 0 spiro atoms. The van der Waals surface area contributed by atoms with Crippen molar-refractivity contribution in [2.75, 3.05) is 18.4 Å². The second kappa shape index (κ2) is 5.46. The summed E-state index contributed by atoms with van der Waals surface area (Å²) < 4.78 is 4.22. The number of benzene rings is 1. The number of carboxylic acids is 1. The highest BCUT2D eigenvalue weighted by Crippen LogP contribution is 2.26. The van der Waals surface area contributed by atoms with Crippen LogP contribution in [0.3, 0.4) is 0 Å². The molecule has 1 aromatic heterocycles. The van der Waals surface area contributed by atoms with Crippen molar-refractivity contribution >= 4 is 39.3 Å². The monoisotopic (exact) mass is 265 g/mol. The number of aliphatic carboxylic acids is 1. The molecule has 3 N–H and O–H groups in total. The van der Waals surface area contributed by atoms with Gasteiger partial charge in [0.05, 0.1) is 12.1 Å². The lowest BCUT2D eigenvalue weighted by Crippen LogP contribution is -2.33. The van der Waals surface area contributed by atoms with Crippen molar-refractivity contribution in [2.45, 2.75) is 0 Å². The highest BCUT2D eigenvalue weighted by Gasteiger charge is 2.07. The fourth-order valence-corrected chi connectivity index (χ4v) is 2.17. The standard InChI is InChI=1S/C11H11N3O3S/c15-9(12-6-10(16)17)5-13-11-7-3-1-2-4-8(7)14-18-11/h1-4,13H,5-6H2,(H,12,15)(H,16,17). The number of nitrogens with one attached hydrogen (secondary N) is 2. The molecule has 1 heterocycles. The lowest BCUT2D eigenvalue weighted by Gasteiger charge is -2.04. The number of aromatic nitrogens is 1. The Morgan fingerprint density at radius 1 is 1.28 bits per heavy atom. The second-order valence-corrected chi connectivity index (χ2v) is 4.33. The molecular weight excluding hydrogens is 254 g/mol. The predicted molar refractivity (Wildman–Crippen MR) is 68.8 cm³/mol. The molecule has 1 aromatic carbocycles. The third kappa shape index (κ3) is 2.95. The zero-order valence-corrected chi connectivity index (χ0v) is 10.2. The quantitative estimate of drug-likeness (QED) is 0.747. The molecule has 0 saturated heterocycles. The van der Waals surface area contributed by atoms with Crippen LogP contribution in [0.15, 0.2) is 24.3 Å². The van der Waals surface area contributed by atoms with E-state index in [4.69, 9.17) is 5.11 Å². The van der Waals surface area contributed by atoms with Crippen LogP contribution >= 0.6 is 11.5 Å². The first-order valence-corrected chi connectivity index (χ1v) is 6.01. The smallest absolute Gasteiger partial charge is 0.322 e. The van der Waals surface area contributed by atoms with E-state index in [2.05, 4.69) is 15.0 Å². The van der Waals surface area contributed by atoms with Crippen LogP contribution in [0.2, 0.25) is 0 Å². The minimum absolute atomic E-state index is 0.0272. The maximum Gasteiger partial charge on any atom is 0.322 e. The Hall–Kier alpha value is -2.15. The van der Waals surface area contributed by atoms with Gasteiger partial charge in [-0.25, -0.2) is 0 Å². The van der Waals surface area contributed by atoms with Crippen molar-refractivity contribution in [1.82, 2.24) is 9.69 Å². The molecular formula is C11H11N3O3S. The van der Waals surface area contributed by atoms with Gasteiger partial charge in [0.2, 0.25) is 5.91 Å². The van der Waals surface area contributed by atoms with Gasteiger partial charge in [0, 0.05) is 5.39 Å². The van der Waals surface area contributed by atoms with Crippen LogP contribution in [0.4, 0.5) is 5.00 Å². The molecule has 7 heteroatoms. The maximum atomic E-state index is 11.3. The molecule has 1 amide bonds. The largest absolute Gasteiger partial charge is 0.480 e. The van der Waals surface area contributed by atoms with E-state index in [0.29, 0.717) is 0 Å². The van der Waals surface area contributed by atoms with Gasteiger partial charge in [0.1, 0.15) is 11.5 Å². The number of carboxylic acid groups (broad SMARTS) is 1. The van der Waals surface area contributed by atoms with Crippen molar-refractivity contribution in [3.05, 3.63) is 24.3 Å². The van der Waals surface area contributed by atoms with Crippen LogP contribution in [0.5, 0.6) is 0 Å². The van der Waals surface area contributed by atoms with Crippen molar-refractivity contribution in [3.63, 3.8) is 0 Å². The minimum Gasteiger partial charge on any atom is -0.480 e. The summed E-state index contributed by atoms with van der Waals surface area (Å²) in [6.45, 7) is -0.344. The van der Waals surface area contributed by atoms with E-state index in [1.54, 1.807) is 0 Å². The first kappa shape index (κ1) is 12.3. The summed E-state index contributed by atoms with van der Waals surface area (Å²) in [5.74, 6) is -1.43.